The van der Waals surface area contributed by atoms with Gasteiger partial charge in [-0.05, 0) is 24.8 Å². The number of rotatable bonds is 6. The molecule has 0 unspecified atom stereocenters. The van der Waals surface area contributed by atoms with Crippen LogP contribution in [-0.4, -0.2) is 55.5 Å². The molecular formula is C18H25N3O3. The molecule has 1 saturated carbocycles. The first-order valence-electron chi connectivity index (χ1n) is 8.70. The van der Waals surface area contributed by atoms with E-state index in [1.54, 1.807) is 0 Å². The second-order valence-electron chi connectivity index (χ2n) is 6.43. The van der Waals surface area contributed by atoms with Crippen LogP contribution in [0.2, 0.25) is 0 Å². The Morgan fingerprint density at radius 2 is 1.96 bits per heavy atom. The molecule has 6 heteroatoms. The smallest absolute Gasteiger partial charge is 0.309 e. The van der Waals surface area contributed by atoms with Crippen LogP contribution >= 0.6 is 0 Å². The van der Waals surface area contributed by atoms with Crippen LogP contribution < -0.4 is 10.6 Å². The maximum atomic E-state index is 11.6. The third kappa shape index (κ3) is 5.04. The first-order chi connectivity index (χ1) is 11.7. The SMILES string of the molecule is O=C(NCCCN1CCO[C@H](c2ccccc2)C1)C(=O)NC1CC1. The average molecular weight is 331 g/mol. The van der Waals surface area contributed by atoms with Crippen molar-refractivity contribution in [1.82, 2.24) is 15.5 Å². The van der Waals surface area contributed by atoms with Gasteiger partial charge in [-0.2, -0.15) is 0 Å². The van der Waals surface area contributed by atoms with Crippen molar-refractivity contribution < 1.29 is 14.3 Å². The van der Waals surface area contributed by atoms with E-state index in [0.29, 0.717) is 6.54 Å². The molecule has 0 bridgehead atoms. The predicted molar refractivity (Wildman–Crippen MR) is 90.4 cm³/mol. The van der Waals surface area contributed by atoms with E-state index in [9.17, 15) is 9.59 Å². The Bertz CT molecular complexity index is 560. The van der Waals surface area contributed by atoms with Crippen molar-refractivity contribution in [3.05, 3.63) is 35.9 Å². The molecule has 2 fully saturated rings. The number of carbonyl (C=O) groups excluding carboxylic acids is 2. The fraction of sp³-hybridized carbons (Fsp3) is 0.556. The van der Waals surface area contributed by atoms with E-state index in [1.807, 2.05) is 18.2 Å². The number of ether oxygens (including phenoxy) is 1. The maximum absolute atomic E-state index is 11.6. The van der Waals surface area contributed by atoms with E-state index in [1.165, 1.54) is 5.56 Å². The number of nitrogens with zero attached hydrogens (tertiary/aromatic N) is 1. The summed E-state index contributed by atoms with van der Waals surface area (Å²) in [4.78, 5) is 25.5. The number of carbonyl (C=O) groups is 2. The van der Waals surface area contributed by atoms with Crippen LogP contribution in [0.1, 0.15) is 30.9 Å². The average Bonchev–Trinajstić information content (AvgIpc) is 3.43. The molecule has 6 nitrogen and oxygen atoms in total. The largest absolute Gasteiger partial charge is 0.371 e. The summed E-state index contributed by atoms with van der Waals surface area (Å²) in [7, 11) is 0. The standard InChI is InChI=1S/C18H25N3O3/c22-17(18(23)20-15-7-8-15)19-9-4-10-21-11-12-24-16(13-21)14-5-2-1-3-6-14/h1-3,5-6,15-16H,4,7-13H2,(H,19,22)(H,20,23)/t16-/m0/s1. The molecule has 0 spiro atoms. The Balaban J connectivity index is 1.34. The molecule has 1 saturated heterocycles. The molecule has 1 aromatic carbocycles. The zero-order chi connectivity index (χ0) is 16.8. The van der Waals surface area contributed by atoms with Crippen LogP contribution in [0.15, 0.2) is 30.3 Å². The van der Waals surface area contributed by atoms with Crippen molar-refractivity contribution in [1.29, 1.82) is 0 Å². The highest BCUT2D eigenvalue weighted by atomic mass is 16.5. The number of nitrogens with one attached hydrogen (secondary N) is 2. The normalized spacial score (nSPS) is 21.2. The van der Waals surface area contributed by atoms with E-state index in [2.05, 4.69) is 27.7 Å². The lowest BCUT2D eigenvalue weighted by molar-refractivity contribution is -0.139. The van der Waals surface area contributed by atoms with Gasteiger partial charge >= 0.3 is 11.8 Å². The van der Waals surface area contributed by atoms with Crippen molar-refractivity contribution in [2.75, 3.05) is 32.8 Å². The van der Waals surface area contributed by atoms with Gasteiger partial charge in [-0.3, -0.25) is 14.5 Å². The highest BCUT2D eigenvalue weighted by Gasteiger charge is 2.26. The molecule has 0 aromatic heterocycles. The van der Waals surface area contributed by atoms with Crippen molar-refractivity contribution in [3.8, 4) is 0 Å². The second-order valence-corrected chi connectivity index (χ2v) is 6.43. The Kier molecular flexibility index (Phi) is 5.82. The lowest BCUT2D eigenvalue weighted by Crippen LogP contribution is -2.42. The van der Waals surface area contributed by atoms with Crippen molar-refractivity contribution in [2.45, 2.75) is 31.4 Å². The first kappa shape index (κ1) is 16.9. The van der Waals surface area contributed by atoms with Crippen LogP contribution in [0.4, 0.5) is 0 Å². The van der Waals surface area contributed by atoms with Gasteiger partial charge in [-0.15, -0.1) is 0 Å². The van der Waals surface area contributed by atoms with E-state index in [-0.39, 0.29) is 12.1 Å². The van der Waals surface area contributed by atoms with E-state index >= 15 is 0 Å². The number of hydrogen-bond acceptors (Lipinski definition) is 4. The second kappa shape index (κ2) is 8.26. The van der Waals surface area contributed by atoms with Gasteiger partial charge < -0.3 is 15.4 Å². The number of amides is 2. The molecule has 2 amide bonds. The molecule has 1 aromatic rings. The highest BCUT2D eigenvalue weighted by molar-refractivity contribution is 6.35. The lowest BCUT2D eigenvalue weighted by atomic mass is 10.1. The fourth-order valence-electron chi connectivity index (χ4n) is 2.84. The molecule has 130 valence electrons. The molecule has 1 aliphatic heterocycles. The summed E-state index contributed by atoms with van der Waals surface area (Å²) >= 11 is 0. The van der Waals surface area contributed by atoms with Gasteiger partial charge in [0, 0.05) is 32.2 Å². The summed E-state index contributed by atoms with van der Waals surface area (Å²) in [6.45, 7) is 3.89. The van der Waals surface area contributed by atoms with E-state index in [4.69, 9.17) is 4.74 Å². The third-order valence-corrected chi connectivity index (χ3v) is 4.38. The molecule has 0 radical (unpaired) electrons. The minimum absolute atomic E-state index is 0.110. The molecule has 2 aliphatic rings. The van der Waals surface area contributed by atoms with Crippen molar-refractivity contribution in [3.63, 3.8) is 0 Å². The molecule has 1 aliphatic carbocycles. The quantitative estimate of drug-likeness (QED) is 0.599. The number of benzene rings is 1. The van der Waals surface area contributed by atoms with Crippen molar-refractivity contribution in [2.24, 2.45) is 0 Å². The van der Waals surface area contributed by atoms with Crippen LogP contribution in [0.5, 0.6) is 0 Å². The zero-order valence-corrected chi connectivity index (χ0v) is 13.9. The fourth-order valence-corrected chi connectivity index (χ4v) is 2.84. The van der Waals surface area contributed by atoms with Gasteiger partial charge in [-0.25, -0.2) is 0 Å². The van der Waals surface area contributed by atoms with Gasteiger partial charge in [0.1, 0.15) is 0 Å². The summed E-state index contributed by atoms with van der Waals surface area (Å²) in [6, 6.07) is 10.5. The summed E-state index contributed by atoms with van der Waals surface area (Å²) in [5.41, 5.74) is 1.20. The highest BCUT2D eigenvalue weighted by Crippen LogP contribution is 2.21. The maximum Gasteiger partial charge on any atom is 0.309 e. The summed E-state index contributed by atoms with van der Waals surface area (Å²) in [5, 5.41) is 5.38. The molecule has 3 rings (SSSR count). The van der Waals surface area contributed by atoms with Crippen LogP contribution in [0, 0.1) is 0 Å². The molecule has 1 atom stereocenters. The van der Waals surface area contributed by atoms with Gasteiger partial charge in [0.15, 0.2) is 0 Å². The van der Waals surface area contributed by atoms with Crippen molar-refractivity contribution >= 4 is 11.8 Å². The Morgan fingerprint density at radius 1 is 1.17 bits per heavy atom. The minimum Gasteiger partial charge on any atom is -0.371 e. The third-order valence-electron chi connectivity index (χ3n) is 4.38. The summed E-state index contributed by atoms with van der Waals surface area (Å²) in [6.07, 6.45) is 2.90. The number of morpholine rings is 1. The minimum atomic E-state index is -0.522. The van der Waals surface area contributed by atoms with Crippen LogP contribution in [0.3, 0.4) is 0 Å². The molecule has 24 heavy (non-hydrogen) atoms. The van der Waals surface area contributed by atoms with E-state index in [0.717, 1.165) is 45.5 Å². The zero-order valence-electron chi connectivity index (χ0n) is 13.9. The number of hydrogen-bond donors (Lipinski definition) is 2. The van der Waals surface area contributed by atoms with Gasteiger partial charge in [-0.1, -0.05) is 30.3 Å². The Hall–Kier alpha value is -1.92. The van der Waals surface area contributed by atoms with Gasteiger partial charge in [0.2, 0.25) is 0 Å². The topological polar surface area (TPSA) is 70.7 Å². The first-order valence-corrected chi connectivity index (χ1v) is 8.70. The molecule has 1 heterocycles. The Labute approximate surface area is 142 Å². The van der Waals surface area contributed by atoms with Gasteiger partial charge in [0.25, 0.3) is 0 Å². The van der Waals surface area contributed by atoms with E-state index < -0.39 is 11.8 Å². The van der Waals surface area contributed by atoms with Crippen LogP contribution in [-0.2, 0) is 14.3 Å². The lowest BCUT2D eigenvalue weighted by Gasteiger charge is -2.33. The molecular weight excluding hydrogens is 306 g/mol. The van der Waals surface area contributed by atoms with Crippen LogP contribution in [0.25, 0.3) is 0 Å². The van der Waals surface area contributed by atoms with Gasteiger partial charge in [0.05, 0.1) is 12.7 Å². The predicted octanol–water partition coefficient (Wildman–Crippen LogP) is 0.845. The molecule has 2 N–H and O–H groups in total. The Morgan fingerprint density at radius 3 is 2.71 bits per heavy atom. The monoisotopic (exact) mass is 331 g/mol. The summed E-state index contributed by atoms with van der Waals surface area (Å²) in [5.74, 6) is -1.03. The summed E-state index contributed by atoms with van der Waals surface area (Å²) < 4.78 is 5.85.